The van der Waals surface area contributed by atoms with Gasteiger partial charge in [0.2, 0.25) is 0 Å². The maximum Gasteiger partial charge on any atom is 0.267 e. The Morgan fingerprint density at radius 3 is 2.81 bits per heavy atom. The van der Waals surface area contributed by atoms with Gasteiger partial charge in [-0.3, -0.25) is 4.79 Å². The molecular weight excluding hydrogens is 262 g/mol. The van der Waals surface area contributed by atoms with Gasteiger partial charge >= 0.3 is 0 Å². The van der Waals surface area contributed by atoms with Gasteiger partial charge in [0.15, 0.2) is 0 Å². The lowest BCUT2D eigenvalue weighted by Gasteiger charge is -2.27. The van der Waals surface area contributed by atoms with Crippen LogP contribution in [0.15, 0.2) is 24.3 Å². The molecule has 1 aliphatic carbocycles. The first kappa shape index (κ1) is 14.0. The number of carbonyl (C=O) groups excluding carboxylic acids is 1. The summed E-state index contributed by atoms with van der Waals surface area (Å²) in [5.74, 6) is -0.0236. The fourth-order valence-corrected chi connectivity index (χ4v) is 3.42. The van der Waals surface area contributed by atoms with Crippen LogP contribution in [0, 0.1) is 5.41 Å². The Balaban J connectivity index is 1.72. The van der Waals surface area contributed by atoms with E-state index >= 15 is 0 Å². The SMILES string of the molecule is CCC1(CNC(=O)c2cc3cc(N)ccc3[nH]2)CCCC1. The summed E-state index contributed by atoms with van der Waals surface area (Å²) in [6.45, 7) is 3.00. The molecular formula is C17H23N3O. The second-order valence-electron chi connectivity index (χ2n) is 6.27. The molecule has 0 atom stereocenters. The van der Waals surface area contributed by atoms with Gasteiger partial charge in [0, 0.05) is 23.1 Å². The molecule has 0 spiro atoms. The van der Waals surface area contributed by atoms with Crippen LogP contribution in [0.2, 0.25) is 0 Å². The zero-order valence-corrected chi connectivity index (χ0v) is 12.5. The molecule has 0 radical (unpaired) electrons. The van der Waals surface area contributed by atoms with E-state index in [9.17, 15) is 4.79 Å². The highest BCUT2D eigenvalue weighted by atomic mass is 16.1. The number of aromatic nitrogens is 1. The summed E-state index contributed by atoms with van der Waals surface area (Å²) in [5.41, 5.74) is 8.35. The minimum atomic E-state index is -0.0236. The number of nitrogens with two attached hydrogens (primary N) is 1. The zero-order chi connectivity index (χ0) is 14.9. The number of rotatable bonds is 4. The molecule has 1 aliphatic rings. The first-order valence-electron chi connectivity index (χ1n) is 7.78. The van der Waals surface area contributed by atoms with E-state index in [1.54, 1.807) is 0 Å². The topological polar surface area (TPSA) is 70.9 Å². The average molecular weight is 285 g/mol. The number of H-pyrrole nitrogens is 1. The third-order valence-corrected chi connectivity index (χ3v) is 4.93. The number of carbonyl (C=O) groups is 1. The van der Waals surface area contributed by atoms with Gasteiger partial charge in [-0.2, -0.15) is 0 Å². The molecule has 1 aromatic carbocycles. The molecule has 1 aromatic heterocycles. The van der Waals surface area contributed by atoms with Crippen molar-refractivity contribution in [3.63, 3.8) is 0 Å². The molecule has 1 heterocycles. The molecule has 0 saturated heterocycles. The smallest absolute Gasteiger partial charge is 0.267 e. The van der Waals surface area contributed by atoms with Crippen molar-refractivity contribution in [3.8, 4) is 0 Å². The minimum Gasteiger partial charge on any atom is -0.399 e. The van der Waals surface area contributed by atoms with Gasteiger partial charge in [-0.05, 0) is 48.9 Å². The van der Waals surface area contributed by atoms with Crippen LogP contribution in [0.25, 0.3) is 10.9 Å². The number of amides is 1. The van der Waals surface area contributed by atoms with Gasteiger partial charge in [-0.15, -0.1) is 0 Å². The Hall–Kier alpha value is -1.97. The average Bonchev–Trinajstić information content (AvgIpc) is 3.11. The summed E-state index contributed by atoms with van der Waals surface area (Å²) in [6.07, 6.45) is 6.17. The summed E-state index contributed by atoms with van der Waals surface area (Å²) in [7, 11) is 0. The number of benzene rings is 1. The Morgan fingerprint density at radius 1 is 1.33 bits per heavy atom. The highest BCUT2D eigenvalue weighted by Crippen LogP contribution is 2.40. The quantitative estimate of drug-likeness (QED) is 0.753. The van der Waals surface area contributed by atoms with Crippen LogP contribution in [-0.2, 0) is 0 Å². The van der Waals surface area contributed by atoms with Crippen molar-refractivity contribution in [1.29, 1.82) is 0 Å². The number of aromatic amines is 1. The molecule has 3 rings (SSSR count). The van der Waals surface area contributed by atoms with Gasteiger partial charge in [0.1, 0.15) is 5.69 Å². The molecule has 4 nitrogen and oxygen atoms in total. The summed E-state index contributed by atoms with van der Waals surface area (Å²) < 4.78 is 0. The van der Waals surface area contributed by atoms with Gasteiger partial charge in [0.25, 0.3) is 5.91 Å². The van der Waals surface area contributed by atoms with Crippen LogP contribution in [-0.4, -0.2) is 17.4 Å². The van der Waals surface area contributed by atoms with Crippen LogP contribution in [0.4, 0.5) is 5.69 Å². The van der Waals surface area contributed by atoms with Crippen LogP contribution in [0.5, 0.6) is 0 Å². The van der Waals surface area contributed by atoms with E-state index in [1.807, 2.05) is 24.3 Å². The number of hydrogen-bond acceptors (Lipinski definition) is 2. The molecule has 2 aromatic rings. The summed E-state index contributed by atoms with van der Waals surface area (Å²) in [4.78, 5) is 15.5. The molecule has 4 N–H and O–H groups in total. The van der Waals surface area contributed by atoms with Crippen molar-refractivity contribution < 1.29 is 4.79 Å². The second-order valence-corrected chi connectivity index (χ2v) is 6.27. The minimum absolute atomic E-state index is 0.0236. The number of hydrogen-bond donors (Lipinski definition) is 3. The van der Waals surface area contributed by atoms with E-state index in [1.165, 1.54) is 25.7 Å². The molecule has 0 bridgehead atoms. The molecule has 1 fully saturated rings. The van der Waals surface area contributed by atoms with E-state index in [2.05, 4.69) is 17.2 Å². The van der Waals surface area contributed by atoms with Crippen molar-refractivity contribution in [2.45, 2.75) is 39.0 Å². The fourth-order valence-electron chi connectivity index (χ4n) is 3.42. The highest BCUT2D eigenvalue weighted by molar-refractivity contribution is 5.98. The Morgan fingerprint density at radius 2 is 2.10 bits per heavy atom. The van der Waals surface area contributed by atoms with Crippen molar-refractivity contribution in [3.05, 3.63) is 30.0 Å². The molecule has 0 aliphatic heterocycles. The number of nitrogens with one attached hydrogen (secondary N) is 2. The monoisotopic (exact) mass is 285 g/mol. The van der Waals surface area contributed by atoms with Crippen LogP contribution >= 0.6 is 0 Å². The van der Waals surface area contributed by atoms with Gasteiger partial charge in [0.05, 0.1) is 0 Å². The van der Waals surface area contributed by atoms with E-state index < -0.39 is 0 Å². The van der Waals surface area contributed by atoms with E-state index in [0.29, 0.717) is 16.8 Å². The van der Waals surface area contributed by atoms with Crippen molar-refractivity contribution >= 4 is 22.5 Å². The molecule has 0 unspecified atom stereocenters. The van der Waals surface area contributed by atoms with E-state index in [-0.39, 0.29) is 5.91 Å². The molecule has 112 valence electrons. The third-order valence-electron chi connectivity index (χ3n) is 4.93. The predicted octanol–water partition coefficient (Wildman–Crippen LogP) is 3.45. The number of fused-ring (bicyclic) bond motifs is 1. The Kier molecular flexibility index (Phi) is 3.62. The highest BCUT2D eigenvalue weighted by Gasteiger charge is 2.32. The summed E-state index contributed by atoms with van der Waals surface area (Å²) >= 11 is 0. The normalized spacial score (nSPS) is 17.2. The van der Waals surface area contributed by atoms with E-state index in [0.717, 1.165) is 23.9 Å². The molecule has 4 heteroatoms. The maximum atomic E-state index is 12.3. The maximum absolute atomic E-state index is 12.3. The van der Waals surface area contributed by atoms with Gasteiger partial charge in [-0.25, -0.2) is 0 Å². The standard InChI is InChI=1S/C17H23N3O/c1-2-17(7-3-4-8-17)11-19-16(21)15-10-12-9-13(18)5-6-14(12)20-15/h5-6,9-10,20H,2-4,7-8,11,18H2,1H3,(H,19,21). The predicted molar refractivity (Wildman–Crippen MR) is 86.2 cm³/mol. The molecule has 21 heavy (non-hydrogen) atoms. The lowest BCUT2D eigenvalue weighted by atomic mass is 9.83. The molecule has 1 amide bonds. The lowest BCUT2D eigenvalue weighted by molar-refractivity contribution is 0.0924. The Labute approximate surface area is 125 Å². The third kappa shape index (κ3) is 2.75. The fraction of sp³-hybridized carbons (Fsp3) is 0.471. The van der Waals surface area contributed by atoms with Gasteiger partial charge < -0.3 is 16.0 Å². The summed E-state index contributed by atoms with van der Waals surface area (Å²) in [5, 5.41) is 4.08. The lowest BCUT2D eigenvalue weighted by Crippen LogP contribution is -2.35. The van der Waals surface area contributed by atoms with Crippen LogP contribution < -0.4 is 11.1 Å². The number of nitrogen functional groups attached to an aromatic ring is 1. The van der Waals surface area contributed by atoms with Crippen molar-refractivity contribution in [1.82, 2.24) is 10.3 Å². The zero-order valence-electron chi connectivity index (χ0n) is 12.5. The largest absolute Gasteiger partial charge is 0.399 e. The van der Waals surface area contributed by atoms with Crippen molar-refractivity contribution in [2.24, 2.45) is 5.41 Å². The molecule has 1 saturated carbocycles. The first-order valence-corrected chi connectivity index (χ1v) is 7.78. The van der Waals surface area contributed by atoms with Crippen LogP contribution in [0.3, 0.4) is 0 Å². The van der Waals surface area contributed by atoms with Gasteiger partial charge in [-0.1, -0.05) is 19.8 Å². The number of anilines is 1. The first-order chi connectivity index (χ1) is 10.1. The second kappa shape index (κ2) is 5.43. The Bertz CT molecular complexity index is 653. The summed E-state index contributed by atoms with van der Waals surface area (Å²) in [6, 6.07) is 7.50. The van der Waals surface area contributed by atoms with Crippen molar-refractivity contribution in [2.75, 3.05) is 12.3 Å². The van der Waals surface area contributed by atoms with E-state index in [4.69, 9.17) is 5.73 Å². The van der Waals surface area contributed by atoms with Crippen LogP contribution in [0.1, 0.15) is 49.5 Å².